The Balaban J connectivity index is 2.69. The third-order valence-electron chi connectivity index (χ3n) is 3.74. The molecule has 21 heavy (non-hydrogen) atoms. The largest absolute Gasteiger partial charge is 0.386 e. The first kappa shape index (κ1) is 15.4. The minimum atomic E-state index is -1.19. The molecule has 0 radical (unpaired) electrons. The van der Waals surface area contributed by atoms with E-state index >= 15 is 0 Å². The Hall–Kier alpha value is -1.94. The third kappa shape index (κ3) is 3.05. The van der Waals surface area contributed by atoms with Gasteiger partial charge in [0.15, 0.2) is 0 Å². The van der Waals surface area contributed by atoms with E-state index in [1.807, 2.05) is 26.0 Å². The highest BCUT2D eigenvalue weighted by atomic mass is 16.3. The summed E-state index contributed by atoms with van der Waals surface area (Å²) in [5, 5.41) is 14.6. The van der Waals surface area contributed by atoms with Crippen LogP contribution in [0.2, 0.25) is 0 Å². The molecule has 0 bridgehead atoms. The zero-order valence-electron chi connectivity index (χ0n) is 13.3. The van der Waals surface area contributed by atoms with E-state index in [0.29, 0.717) is 17.8 Å². The van der Waals surface area contributed by atoms with Crippen molar-refractivity contribution in [2.45, 2.75) is 46.8 Å². The number of hydrogen-bond acceptors (Lipinski definition) is 3. The lowest BCUT2D eigenvalue weighted by molar-refractivity contribution is 0.0762. The molecule has 0 aliphatic heterocycles. The Morgan fingerprint density at radius 3 is 2.38 bits per heavy atom. The Bertz CT molecular complexity index is 725. The van der Waals surface area contributed by atoms with Gasteiger partial charge < -0.3 is 5.11 Å². The van der Waals surface area contributed by atoms with E-state index in [1.165, 1.54) is 15.8 Å². The van der Waals surface area contributed by atoms with Crippen molar-refractivity contribution in [3.63, 3.8) is 0 Å². The number of aryl methyl sites for hydroxylation is 3. The molecule has 0 fully saturated rings. The van der Waals surface area contributed by atoms with Crippen molar-refractivity contribution < 1.29 is 5.11 Å². The quantitative estimate of drug-likeness (QED) is 0.944. The molecule has 0 saturated carbocycles. The summed E-state index contributed by atoms with van der Waals surface area (Å²) in [5.41, 5.74) is 2.98. The first-order chi connectivity index (χ1) is 9.74. The van der Waals surface area contributed by atoms with Crippen LogP contribution in [0.5, 0.6) is 0 Å². The molecule has 4 nitrogen and oxygen atoms in total. The van der Waals surface area contributed by atoms with Crippen molar-refractivity contribution in [2.24, 2.45) is 0 Å². The molecule has 0 amide bonds. The molecule has 1 N–H and O–H groups in total. The summed E-state index contributed by atoms with van der Waals surface area (Å²) in [5.74, 6) is 0. The van der Waals surface area contributed by atoms with Gasteiger partial charge in [0, 0.05) is 12.1 Å². The Morgan fingerprint density at radius 2 is 1.86 bits per heavy atom. The van der Waals surface area contributed by atoms with E-state index in [9.17, 15) is 9.90 Å². The number of aliphatic hydroxyl groups is 1. The van der Waals surface area contributed by atoms with Crippen molar-refractivity contribution >= 4 is 0 Å². The van der Waals surface area contributed by atoms with Crippen LogP contribution < -0.4 is 5.56 Å². The minimum Gasteiger partial charge on any atom is -0.386 e. The van der Waals surface area contributed by atoms with Gasteiger partial charge in [-0.1, -0.05) is 12.1 Å². The monoisotopic (exact) mass is 286 g/mol. The van der Waals surface area contributed by atoms with Crippen LogP contribution in [-0.2, 0) is 12.1 Å². The SMILES string of the molecule is CCn1nc(-c2ccc(C)c(C)c2)cc(C(C)(C)O)c1=O. The van der Waals surface area contributed by atoms with Gasteiger partial charge in [0.05, 0.1) is 16.9 Å². The molecule has 0 unspecified atom stereocenters. The second-order valence-corrected chi connectivity index (χ2v) is 5.92. The van der Waals surface area contributed by atoms with Crippen LogP contribution in [0.25, 0.3) is 11.3 Å². The van der Waals surface area contributed by atoms with Crippen molar-refractivity contribution in [2.75, 3.05) is 0 Å². The highest BCUT2D eigenvalue weighted by Crippen LogP contribution is 2.23. The highest BCUT2D eigenvalue weighted by molar-refractivity contribution is 5.61. The van der Waals surface area contributed by atoms with Gasteiger partial charge in [0.25, 0.3) is 5.56 Å². The van der Waals surface area contributed by atoms with Gasteiger partial charge in [-0.3, -0.25) is 4.79 Å². The van der Waals surface area contributed by atoms with E-state index in [1.54, 1.807) is 19.9 Å². The third-order valence-corrected chi connectivity index (χ3v) is 3.74. The molecule has 0 aliphatic carbocycles. The maximum absolute atomic E-state index is 12.3. The molecule has 1 aromatic carbocycles. The summed E-state index contributed by atoms with van der Waals surface area (Å²) >= 11 is 0. The number of benzene rings is 1. The van der Waals surface area contributed by atoms with Gasteiger partial charge in [-0.25, -0.2) is 4.68 Å². The molecule has 2 rings (SSSR count). The smallest absolute Gasteiger partial charge is 0.272 e. The van der Waals surface area contributed by atoms with Gasteiger partial charge in [-0.2, -0.15) is 5.10 Å². The summed E-state index contributed by atoms with van der Waals surface area (Å²) in [6.07, 6.45) is 0. The highest BCUT2D eigenvalue weighted by Gasteiger charge is 2.23. The van der Waals surface area contributed by atoms with E-state index < -0.39 is 5.60 Å². The van der Waals surface area contributed by atoms with Crippen LogP contribution in [0, 0.1) is 13.8 Å². The van der Waals surface area contributed by atoms with Crippen LogP contribution in [0.3, 0.4) is 0 Å². The van der Waals surface area contributed by atoms with Crippen molar-refractivity contribution in [1.29, 1.82) is 0 Å². The van der Waals surface area contributed by atoms with Crippen LogP contribution in [0.4, 0.5) is 0 Å². The van der Waals surface area contributed by atoms with E-state index in [2.05, 4.69) is 18.1 Å². The van der Waals surface area contributed by atoms with Crippen molar-refractivity contribution in [3.05, 3.63) is 51.3 Å². The average molecular weight is 286 g/mol. The van der Waals surface area contributed by atoms with Gasteiger partial charge in [0.2, 0.25) is 0 Å². The van der Waals surface area contributed by atoms with Crippen LogP contribution in [-0.4, -0.2) is 14.9 Å². The molecule has 1 aromatic heterocycles. The lowest BCUT2D eigenvalue weighted by Crippen LogP contribution is -2.33. The van der Waals surface area contributed by atoms with E-state index in [4.69, 9.17) is 0 Å². The summed E-state index contributed by atoms with van der Waals surface area (Å²) in [4.78, 5) is 12.3. The Labute approximate surface area is 125 Å². The zero-order valence-corrected chi connectivity index (χ0v) is 13.3. The average Bonchev–Trinajstić information content (AvgIpc) is 2.41. The Morgan fingerprint density at radius 1 is 1.19 bits per heavy atom. The molecule has 1 heterocycles. The molecule has 0 spiro atoms. The van der Waals surface area contributed by atoms with Crippen LogP contribution in [0.1, 0.15) is 37.5 Å². The van der Waals surface area contributed by atoms with Gasteiger partial charge >= 0.3 is 0 Å². The summed E-state index contributed by atoms with van der Waals surface area (Å²) in [7, 11) is 0. The van der Waals surface area contributed by atoms with Crippen LogP contribution in [0.15, 0.2) is 29.1 Å². The summed E-state index contributed by atoms with van der Waals surface area (Å²) in [6, 6.07) is 7.77. The number of hydrogen-bond donors (Lipinski definition) is 1. The number of nitrogens with zero attached hydrogens (tertiary/aromatic N) is 2. The first-order valence-electron chi connectivity index (χ1n) is 7.16. The number of rotatable bonds is 3. The predicted octanol–water partition coefficient (Wildman–Crippen LogP) is 2.77. The second kappa shape index (κ2) is 5.45. The molecular formula is C17H22N2O2. The van der Waals surface area contributed by atoms with E-state index in [-0.39, 0.29) is 5.56 Å². The van der Waals surface area contributed by atoms with Crippen molar-refractivity contribution in [1.82, 2.24) is 9.78 Å². The minimum absolute atomic E-state index is 0.238. The predicted molar refractivity (Wildman–Crippen MR) is 84.3 cm³/mol. The standard InChI is InChI=1S/C17H22N2O2/c1-6-19-16(20)14(17(4,5)21)10-15(18-19)13-8-7-11(2)12(3)9-13/h7-10,21H,6H2,1-5H3. The fourth-order valence-electron chi connectivity index (χ4n) is 2.24. The second-order valence-electron chi connectivity index (χ2n) is 5.92. The van der Waals surface area contributed by atoms with Gasteiger partial charge in [-0.15, -0.1) is 0 Å². The Kier molecular flexibility index (Phi) is 4.01. The van der Waals surface area contributed by atoms with Crippen molar-refractivity contribution in [3.8, 4) is 11.3 Å². The lowest BCUT2D eigenvalue weighted by atomic mass is 9.97. The maximum Gasteiger partial charge on any atom is 0.272 e. The fourth-order valence-corrected chi connectivity index (χ4v) is 2.24. The lowest BCUT2D eigenvalue weighted by Gasteiger charge is -2.19. The zero-order chi connectivity index (χ0) is 15.8. The van der Waals surface area contributed by atoms with Gasteiger partial charge in [-0.05, 0) is 57.9 Å². The molecule has 2 aromatic rings. The molecule has 4 heteroatoms. The molecule has 112 valence electrons. The molecule has 0 aliphatic rings. The fraction of sp³-hybridized carbons (Fsp3) is 0.412. The summed E-state index contributed by atoms with van der Waals surface area (Å²) in [6.45, 7) is 9.68. The first-order valence-corrected chi connectivity index (χ1v) is 7.16. The van der Waals surface area contributed by atoms with Gasteiger partial charge in [0.1, 0.15) is 0 Å². The summed E-state index contributed by atoms with van der Waals surface area (Å²) < 4.78 is 1.40. The van der Waals surface area contributed by atoms with E-state index in [0.717, 1.165) is 5.56 Å². The molecule has 0 saturated heterocycles. The van der Waals surface area contributed by atoms with Crippen LogP contribution >= 0.6 is 0 Å². The number of aromatic nitrogens is 2. The molecule has 0 atom stereocenters. The topological polar surface area (TPSA) is 55.1 Å². The normalized spacial score (nSPS) is 11.7. The maximum atomic E-state index is 12.3. The molecular weight excluding hydrogens is 264 g/mol.